The zero-order valence-corrected chi connectivity index (χ0v) is 6.78. The van der Waals surface area contributed by atoms with Crippen molar-refractivity contribution in [2.75, 3.05) is 11.5 Å². The minimum atomic E-state index is -0.527. The van der Waals surface area contributed by atoms with Crippen LogP contribution in [0.25, 0.3) is 6.08 Å². The van der Waals surface area contributed by atoms with Gasteiger partial charge in [0.25, 0.3) is 0 Å². The maximum atomic E-state index is 9.31. The summed E-state index contributed by atoms with van der Waals surface area (Å²) in [4.78, 5) is 0. The summed E-state index contributed by atoms with van der Waals surface area (Å²) >= 11 is 0. The van der Waals surface area contributed by atoms with E-state index < -0.39 is 17.2 Å². The Hall–Kier alpha value is -2.04. The van der Waals surface area contributed by atoms with Crippen molar-refractivity contribution in [2.45, 2.75) is 0 Å². The average Bonchev–Trinajstić information content (AvgIpc) is 2.13. The first-order chi connectivity index (χ1) is 6.00. The molecule has 70 valence electrons. The van der Waals surface area contributed by atoms with Crippen molar-refractivity contribution < 1.29 is 15.3 Å². The largest absolute Gasteiger partial charge is 0.505 e. The summed E-state index contributed by atoms with van der Waals surface area (Å²) in [5.74, 6) is -1.39. The van der Waals surface area contributed by atoms with E-state index in [1.165, 1.54) is 6.08 Å². The first-order valence-corrected chi connectivity index (χ1v) is 3.45. The zero-order valence-electron chi connectivity index (χ0n) is 6.78. The van der Waals surface area contributed by atoms with E-state index in [0.717, 1.165) is 0 Å². The monoisotopic (exact) mass is 182 g/mol. The van der Waals surface area contributed by atoms with E-state index in [4.69, 9.17) is 11.5 Å². The van der Waals surface area contributed by atoms with Crippen molar-refractivity contribution in [1.82, 2.24) is 0 Å². The van der Waals surface area contributed by atoms with Crippen molar-refractivity contribution >= 4 is 17.5 Å². The number of phenolic OH excluding ortho intramolecular Hbond substituents is 3. The van der Waals surface area contributed by atoms with Crippen LogP contribution in [0.2, 0.25) is 0 Å². The Morgan fingerprint density at radius 3 is 1.62 bits per heavy atom. The number of nitrogen functional groups attached to an aromatic ring is 2. The molecule has 5 nitrogen and oxygen atoms in total. The fourth-order valence-electron chi connectivity index (χ4n) is 0.965. The maximum Gasteiger partial charge on any atom is 0.169 e. The number of hydrogen-bond acceptors (Lipinski definition) is 5. The van der Waals surface area contributed by atoms with Gasteiger partial charge in [0.1, 0.15) is 11.4 Å². The number of aromatic hydroxyl groups is 3. The van der Waals surface area contributed by atoms with Gasteiger partial charge in [-0.1, -0.05) is 12.7 Å². The number of benzene rings is 1. The van der Waals surface area contributed by atoms with Crippen LogP contribution in [-0.4, -0.2) is 15.3 Å². The molecule has 0 aliphatic heterocycles. The fraction of sp³-hybridized carbons (Fsp3) is 0. The Bertz CT molecular complexity index is 345. The molecule has 0 saturated heterocycles. The Balaban J connectivity index is 3.66. The third-order valence-electron chi connectivity index (χ3n) is 1.73. The van der Waals surface area contributed by atoms with Gasteiger partial charge in [0.15, 0.2) is 17.2 Å². The molecule has 0 aromatic heterocycles. The second-order valence-electron chi connectivity index (χ2n) is 2.49. The Morgan fingerprint density at radius 1 is 0.923 bits per heavy atom. The van der Waals surface area contributed by atoms with Gasteiger partial charge >= 0.3 is 0 Å². The predicted molar refractivity (Wildman–Crippen MR) is 50.4 cm³/mol. The van der Waals surface area contributed by atoms with E-state index in [9.17, 15) is 15.3 Å². The molecule has 1 rings (SSSR count). The molecule has 0 heterocycles. The lowest BCUT2D eigenvalue weighted by atomic mass is 10.1. The molecular formula is C8H10N2O3. The van der Waals surface area contributed by atoms with Gasteiger partial charge in [0, 0.05) is 0 Å². The molecule has 0 bridgehead atoms. The van der Waals surface area contributed by atoms with Crippen molar-refractivity contribution in [3.63, 3.8) is 0 Å². The second-order valence-corrected chi connectivity index (χ2v) is 2.49. The zero-order chi connectivity index (χ0) is 10.2. The Kier molecular flexibility index (Phi) is 1.94. The molecule has 5 heteroatoms. The lowest BCUT2D eigenvalue weighted by molar-refractivity contribution is 0.433. The lowest BCUT2D eigenvalue weighted by Crippen LogP contribution is -1.95. The molecule has 1 aromatic rings. The minimum Gasteiger partial charge on any atom is -0.505 e. The molecule has 1 aromatic carbocycles. The van der Waals surface area contributed by atoms with Gasteiger partial charge < -0.3 is 26.8 Å². The van der Waals surface area contributed by atoms with Crippen molar-refractivity contribution in [3.05, 3.63) is 12.1 Å². The first-order valence-electron chi connectivity index (χ1n) is 3.45. The highest BCUT2D eigenvalue weighted by molar-refractivity contribution is 5.85. The van der Waals surface area contributed by atoms with Gasteiger partial charge in [-0.3, -0.25) is 0 Å². The predicted octanol–water partition coefficient (Wildman–Crippen LogP) is 0.611. The minimum absolute atomic E-state index is 0.00722. The topological polar surface area (TPSA) is 113 Å². The molecule has 0 radical (unpaired) electrons. The number of rotatable bonds is 1. The van der Waals surface area contributed by atoms with E-state index in [-0.39, 0.29) is 16.9 Å². The van der Waals surface area contributed by atoms with Crippen molar-refractivity contribution in [3.8, 4) is 17.2 Å². The van der Waals surface area contributed by atoms with Crippen LogP contribution in [0.15, 0.2) is 6.58 Å². The van der Waals surface area contributed by atoms with Crippen LogP contribution in [0.5, 0.6) is 17.2 Å². The summed E-state index contributed by atoms with van der Waals surface area (Å²) in [5.41, 5.74) is 10.0. The lowest BCUT2D eigenvalue weighted by Gasteiger charge is -2.10. The van der Waals surface area contributed by atoms with Crippen molar-refractivity contribution in [2.24, 2.45) is 0 Å². The number of nitrogens with two attached hydrogens (primary N) is 2. The smallest absolute Gasteiger partial charge is 0.169 e. The SMILES string of the molecule is C=Cc1c(O)c(N)c(O)c(N)c1O. The summed E-state index contributed by atoms with van der Waals surface area (Å²) in [7, 11) is 0. The highest BCUT2D eigenvalue weighted by atomic mass is 16.3. The van der Waals surface area contributed by atoms with Crippen LogP contribution in [0, 0.1) is 0 Å². The van der Waals surface area contributed by atoms with Gasteiger partial charge in [0.05, 0.1) is 5.56 Å². The van der Waals surface area contributed by atoms with E-state index in [1.807, 2.05) is 0 Å². The molecule has 0 saturated carbocycles. The van der Waals surface area contributed by atoms with Gasteiger partial charge in [-0.05, 0) is 0 Å². The van der Waals surface area contributed by atoms with Crippen LogP contribution >= 0.6 is 0 Å². The third kappa shape index (κ3) is 1.10. The summed E-state index contributed by atoms with van der Waals surface area (Å²) < 4.78 is 0. The van der Waals surface area contributed by atoms with E-state index in [1.54, 1.807) is 0 Å². The summed E-state index contributed by atoms with van der Waals surface area (Å²) in [5, 5.41) is 27.8. The van der Waals surface area contributed by atoms with E-state index in [0.29, 0.717) is 0 Å². The van der Waals surface area contributed by atoms with Crippen LogP contribution in [0.1, 0.15) is 5.56 Å². The standard InChI is InChI=1S/C8H10N2O3/c1-2-3-6(11)4(9)8(13)5(10)7(3)12/h2,11-13H,1,9-10H2. The van der Waals surface area contributed by atoms with Gasteiger partial charge in [-0.15, -0.1) is 0 Å². The molecule has 0 atom stereocenters. The second kappa shape index (κ2) is 2.78. The molecule has 0 amide bonds. The van der Waals surface area contributed by atoms with Crippen LogP contribution < -0.4 is 11.5 Å². The van der Waals surface area contributed by atoms with Crippen LogP contribution in [0.3, 0.4) is 0 Å². The average molecular weight is 182 g/mol. The summed E-state index contributed by atoms with van der Waals surface area (Å²) in [6, 6.07) is 0. The Morgan fingerprint density at radius 2 is 1.31 bits per heavy atom. The van der Waals surface area contributed by atoms with Gasteiger partial charge in [-0.2, -0.15) is 0 Å². The fourth-order valence-corrected chi connectivity index (χ4v) is 0.965. The Labute approximate surface area is 74.5 Å². The summed E-state index contributed by atoms with van der Waals surface area (Å²) in [6.07, 6.45) is 1.19. The maximum absolute atomic E-state index is 9.31. The summed E-state index contributed by atoms with van der Waals surface area (Å²) in [6.45, 7) is 3.35. The third-order valence-corrected chi connectivity index (χ3v) is 1.73. The number of hydrogen-bond donors (Lipinski definition) is 5. The number of phenols is 3. The quantitative estimate of drug-likeness (QED) is 0.248. The van der Waals surface area contributed by atoms with E-state index in [2.05, 4.69) is 6.58 Å². The molecule has 0 unspecified atom stereocenters. The van der Waals surface area contributed by atoms with Crippen LogP contribution in [0.4, 0.5) is 11.4 Å². The molecular weight excluding hydrogens is 172 g/mol. The molecule has 0 fully saturated rings. The van der Waals surface area contributed by atoms with Crippen molar-refractivity contribution in [1.29, 1.82) is 0 Å². The molecule has 0 aliphatic rings. The van der Waals surface area contributed by atoms with E-state index >= 15 is 0 Å². The molecule has 7 N–H and O–H groups in total. The molecule has 13 heavy (non-hydrogen) atoms. The first kappa shape index (κ1) is 9.05. The van der Waals surface area contributed by atoms with Crippen LogP contribution in [-0.2, 0) is 0 Å². The normalized spacial score (nSPS) is 9.85. The van der Waals surface area contributed by atoms with Gasteiger partial charge in [0.2, 0.25) is 0 Å². The molecule has 0 spiro atoms. The molecule has 0 aliphatic carbocycles. The highest BCUT2D eigenvalue weighted by Crippen LogP contribution is 2.46. The highest BCUT2D eigenvalue weighted by Gasteiger charge is 2.17. The van der Waals surface area contributed by atoms with Gasteiger partial charge in [-0.25, -0.2) is 0 Å². The number of anilines is 2.